The van der Waals surface area contributed by atoms with Crippen molar-refractivity contribution in [3.8, 4) is 0 Å². The van der Waals surface area contributed by atoms with Gasteiger partial charge in [0.1, 0.15) is 0 Å². The molecule has 1 aliphatic carbocycles. The molecule has 112 valence electrons. The molecule has 2 N–H and O–H groups in total. The second-order valence-electron chi connectivity index (χ2n) is 6.07. The molecule has 1 saturated carbocycles. The molecular weight excluding hydrogens is 260 g/mol. The van der Waals surface area contributed by atoms with Gasteiger partial charge in [-0.3, -0.25) is 4.79 Å². The van der Waals surface area contributed by atoms with E-state index >= 15 is 0 Å². The van der Waals surface area contributed by atoms with Crippen molar-refractivity contribution >= 4 is 18.3 Å². The summed E-state index contributed by atoms with van der Waals surface area (Å²) in [5.74, 6) is 0.611. The Morgan fingerprint density at radius 3 is 2.63 bits per heavy atom. The monoisotopic (exact) mass is 288 g/mol. The van der Waals surface area contributed by atoms with Gasteiger partial charge in [-0.15, -0.1) is 12.4 Å². The third-order valence-electron chi connectivity index (χ3n) is 4.70. The first-order chi connectivity index (χ1) is 8.72. The van der Waals surface area contributed by atoms with E-state index in [-0.39, 0.29) is 24.4 Å². The lowest BCUT2D eigenvalue weighted by atomic mass is 9.85. The zero-order valence-electron chi connectivity index (χ0n) is 12.1. The molecule has 0 aromatic heterocycles. The second-order valence-corrected chi connectivity index (χ2v) is 6.07. The van der Waals surface area contributed by atoms with Crippen LogP contribution in [0.4, 0.5) is 0 Å². The van der Waals surface area contributed by atoms with Gasteiger partial charge in [0.05, 0.1) is 0 Å². The number of nitrogens with zero attached hydrogens (tertiary/aromatic N) is 1. The molecule has 1 amide bonds. The Kier molecular flexibility index (Phi) is 7.16. The maximum atomic E-state index is 12.7. The third kappa shape index (κ3) is 4.35. The van der Waals surface area contributed by atoms with E-state index < -0.39 is 0 Å². The van der Waals surface area contributed by atoms with Crippen LogP contribution in [-0.4, -0.2) is 29.4 Å². The summed E-state index contributed by atoms with van der Waals surface area (Å²) in [5.41, 5.74) is 6.02. The van der Waals surface area contributed by atoms with Crippen molar-refractivity contribution in [3.63, 3.8) is 0 Å². The molecule has 0 bridgehead atoms. The van der Waals surface area contributed by atoms with Crippen LogP contribution in [0.15, 0.2) is 0 Å². The number of rotatable bonds is 2. The summed E-state index contributed by atoms with van der Waals surface area (Å²) in [4.78, 5) is 14.9. The van der Waals surface area contributed by atoms with Crippen molar-refractivity contribution in [1.29, 1.82) is 0 Å². The minimum Gasteiger partial charge on any atom is -0.339 e. The Bertz CT molecular complexity index is 285. The van der Waals surface area contributed by atoms with Crippen LogP contribution in [0.3, 0.4) is 0 Å². The fourth-order valence-electron chi connectivity index (χ4n) is 3.58. The van der Waals surface area contributed by atoms with Crippen LogP contribution < -0.4 is 5.73 Å². The number of amides is 1. The zero-order valence-corrected chi connectivity index (χ0v) is 13.0. The van der Waals surface area contributed by atoms with E-state index in [0.717, 1.165) is 38.6 Å². The lowest BCUT2D eigenvalue weighted by Crippen LogP contribution is -2.45. The maximum absolute atomic E-state index is 12.7. The van der Waals surface area contributed by atoms with E-state index in [9.17, 15) is 4.79 Å². The Labute approximate surface area is 123 Å². The van der Waals surface area contributed by atoms with Gasteiger partial charge in [0.25, 0.3) is 0 Å². The van der Waals surface area contributed by atoms with Crippen molar-refractivity contribution in [3.05, 3.63) is 0 Å². The van der Waals surface area contributed by atoms with Crippen LogP contribution in [0, 0.1) is 5.92 Å². The molecule has 4 heteroatoms. The normalized spacial score (nSPS) is 32.3. The number of likely N-dealkylation sites (tertiary alicyclic amines) is 1. The Balaban J connectivity index is 0.00000180. The van der Waals surface area contributed by atoms with E-state index in [1.54, 1.807) is 0 Å². The fraction of sp³-hybridized carbons (Fsp3) is 0.933. The molecule has 19 heavy (non-hydrogen) atoms. The van der Waals surface area contributed by atoms with Gasteiger partial charge >= 0.3 is 0 Å². The SMILES string of the molecule is CCC1CCCCCN1C(=O)C1CCCC(N)C1.Cl. The first kappa shape index (κ1) is 16.8. The largest absolute Gasteiger partial charge is 0.339 e. The van der Waals surface area contributed by atoms with Crippen molar-refractivity contribution in [1.82, 2.24) is 4.90 Å². The highest BCUT2D eigenvalue weighted by Gasteiger charge is 2.32. The topological polar surface area (TPSA) is 46.3 Å². The van der Waals surface area contributed by atoms with E-state index in [1.807, 2.05) is 0 Å². The zero-order chi connectivity index (χ0) is 13.0. The second kappa shape index (κ2) is 8.11. The molecule has 0 aromatic carbocycles. The quantitative estimate of drug-likeness (QED) is 0.849. The van der Waals surface area contributed by atoms with Crippen LogP contribution >= 0.6 is 12.4 Å². The lowest BCUT2D eigenvalue weighted by Gasteiger charge is -2.35. The molecule has 2 aliphatic rings. The summed E-state index contributed by atoms with van der Waals surface area (Å²) in [6, 6.07) is 0.734. The van der Waals surface area contributed by atoms with Gasteiger partial charge in [-0.05, 0) is 38.5 Å². The first-order valence-corrected chi connectivity index (χ1v) is 7.78. The highest BCUT2D eigenvalue weighted by atomic mass is 35.5. The summed E-state index contributed by atoms with van der Waals surface area (Å²) in [6.07, 6.45) is 10.2. The summed E-state index contributed by atoms with van der Waals surface area (Å²) >= 11 is 0. The lowest BCUT2D eigenvalue weighted by molar-refractivity contribution is -0.139. The number of hydrogen-bond donors (Lipinski definition) is 1. The highest BCUT2D eigenvalue weighted by Crippen LogP contribution is 2.28. The van der Waals surface area contributed by atoms with Gasteiger partial charge in [0.15, 0.2) is 0 Å². The third-order valence-corrected chi connectivity index (χ3v) is 4.70. The van der Waals surface area contributed by atoms with Crippen LogP contribution in [0.25, 0.3) is 0 Å². The van der Waals surface area contributed by atoms with Gasteiger partial charge in [-0.25, -0.2) is 0 Å². The molecule has 0 spiro atoms. The molecule has 3 nitrogen and oxygen atoms in total. The Morgan fingerprint density at radius 2 is 1.95 bits per heavy atom. The van der Waals surface area contributed by atoms with Crippen LogP contribution in [0.5, 0.6) is 0 Å². The summed E-state index contributed by atoms with van der Waals surface area (Å²) in [5, 5.41) is 0. The number of carbonyl (C=O) groups excluding carboxylic acids is 1. The van der Waals surface area contributed by atoms with Gasteiger partial charge in [0.2, 0.25) is 5.91 Å². The number of carbonyl (C=O) groups is 1. The molecule has 1 saturated heterocycles. The summed E-state index contributed by atoms with van der Waals surface area (Å²) < 4.78 is 0. The van der Waals surface area contributed by atoms with E-state index in [1.165, 1.54) is 25.7 Å². The molecule has 0 radical (unpaired) electrons. The summed E-state index contributed by atoms with van der Waals surface area (Å²) in [6.45, 7) is 3.19. The minimum atomic E-state index is 0. The molecule has 3 unspecified atom stereocenters. The minimum absolute atomic E-state index is 0. The average molecular weight is 289 g/mol. The number of hydrogen-bond acceptors (Lipinski definition) is 2. The fourth-order valence-corrected chi connectivity index (χ4v) is 3.58. The predicted molar refractivity (Wildman–Crippen MR) is 81.4 cm³/mol. The van der Waals surface area contributed by atoms with Crippen LogP contribution in [0.2, 0.25) is 0 Å². The van der Waals surface area contributed by atoms with Gasteiger partial charge in [-0.2, -0.15) is 0 Å². The van der Waals surface area contributed by atoms with Crippen molar-refractivity contribution in [2.45, 2.75) is 76.8 Å². The average Bonchev–Trinajstić information content (AvgIpc) is 2.62. The molecule has 1 heterocycles. The van der Waals surface area contributed by atoms with Crippen LogP contribution in [-0.2, 0) is 4.79 Å². The Hall–Kier alpha value is -0.280. The van der Waals surface area contributed by atoms with Gasteiger partial charge in [0, 0.05) is 24.5 Å². The van der Waals surface area contributed by atoms with E-state index in [4.69, 9.17) is 5.73 Å². The molecule has 1 aliphatic heterocycles. The predicted octanol–water partition coefficient (Wildman–Crippen LogP) is 3.11. The molecular formula is C15H29ClN2O. The molecule has 3 atom stereocenters. The van der Waals surface area contributed by atoms with Gasteiger partial charge < -0.3 is 10.6 Å². The van der Waals surface area contributed by atoms with Crippen molar-refractivity contribution in [2.24, 2.45) is 11.7 Å². The summed E-state index contributed by atoms with van der Waals surface area (Å²) in [7, 11) is 0. The van der Waals surface area contributed by atoms with E-state index in [2.05, 4.69) is 11.8 Å². The maximum Gasteiger partial charge on any atom is 0.225 e. The molecule has 2 rings (SSSR count). The van der Waals surface area contributed by atoms with Gasteiger partial charge in [-0.1, -0.05) is 26.2 Å². The van der Waals surface area contributed by atoms with Crippen LogP contribution in [0.1, 0.15) is 64.7 Å². The molecule has 0 aromatic rings. The smallest absolute Gasteiger partial charge is 0.225 e. The molecule has 2 fully saturated rings. The van der Waals surface area contributed by atoms with Crippen molar-refractivity contribution in [2.75, 3.05) is 6.54 Å². The number of halogens is 1. The standard InChI is InChI=1S/C15H28N2O.ClH/c1-2-14-9-4-3-5-10-17(14)15(18)12-7-6-8-13(16)11-12;/h12-14H,2-11,16H2,1H3;1H. The number of nitrogens with two attached hydrogens (primary N) is 1. The first-order valence-electron chi connectivity index (χ1n) is 7.78. The Morgan fingerprint density at radius 1 is 1.16 bits per heavy atom. The highest BCUT2D eigenvalue weighted by molar-refractivity contribution is 5.85. The van der Waals surface area contributed by atoms with Crippen molar-refractivity contribution < 1.29 is 4.79 Å². The van der Waals surface area contributed by atoms with E-state index in [0.29, 0.717) is 11.9 Å².